The van der Waals surface area contributed by atoms with Crippen molar-refractivity contribution in [3.8, 4) is 28.6 Å². The number of benzene rings is 2. The molecule has 0 saturated carbocycles. The molecule has 1 aliphatic heterocycles. The first-order valence-corrected chi connectivity index (χ1v) is 11.9. The Kier molecular flexibility index (Phi) is 8.20. The summed E-state index contributed by atoms with van der Waals surface area (Å²) < 4.78 is 21.8. The van der Waals surface area contributed by atoms with Crippen LogP contribution in [0.1, 0.15) is 31.2 Å². The van der Waals surface area contributed by atoms with E-state index in [0.717, 1.165) is 36.3 Å². The number of nitrogens with zero attached hydrogens (tertiary/aromatic N) is 3. The zero-order chi connectivity index (χ0) is 24.6. The van der Waals surface area contributed by atoms with Crippen LogP contribution < -0.4 is 19.5 Å². The molecule has 1 atom stereocenters. The van der Waals surface area contributed by atoms with Crippen molar-refractivity contribution in [2.75, 3.05) is 33.9 Å². The zero-order valence-electron chi connectivity index (χ0n) is 20.5. The summed E-state index contributed by atoms with van der Waals surface area (Å²) in [7, 11) is 3.18. The molecule has 1 aromatic heterocycles. The van der Waals surface area contributed by atoms with Crippen molar-refractivity contribution in [2.45, 2.75) is 32.9 Å². The first-order valence-electron chi connectivity index (χ1n) is 11.9. The molecule has 9 heteroatoms. The number of likely N-dealkylation sites (tertiary alicyclic amines) is 1. The van der Waals surface area contributed by atoms with Crippen LogP contribution >= 0.6 is 0 Å². The highest BCUT2D eigenvalue weighted by molar-refractivity contribution is 5.79. The van der Waals surface area contributed by atoms with Gasteiger partial charge >= 0.3 is 0 Å². The van der Waals surface area contributed by atoms with Crippen molar-refractivity contribution in [2.24, 2.45) is 5.92 Å². The van der Waals surface area contributed by atoms with Crippen LogP contribution in [0.3, 0.4) is 0 Å². The molecule has 35 heavy (non-hydrogen) atoms. The standard InChI is InChI=1S/C26H32N4O5/c1-4-34-21-10-6-5-8-19(21)15-27-26(31)20-9-7-13-30(16-20)17-24-28-25(29-35-24)18-11-12-22(32-2)23(14-18)33-3/h5-6,8,10-12,14,20H,4,7,9,13,15-17H2,1-3H3,(H,27,31)/t20-/m0/s1. The maximum absolute atomic E-state index is 12.9. The van der Waals surface area contributed by atoms with Crippen molar-refractivity contribution in [3.63, 3.8) is 0 Å². The van der Waals surface area contributed by atoms with Crippen LogP contribution in [0.5, 0.6) is 17.2 Å². The number of rotatable bonds is 10. The molecule has 2 aromatic carbocycles. The monoisotopic (exact) mass is 480 g/mol. The van der Waals surface area contributed by atoms with E-state index in [-0.39, 0.29) is 11.8 Å². The third kappa shape index (κ3) is 6.10. The number of amides is 1. The molecule has 186 valence electrons. The van der Waals surface area contributed by atoms with Crippen LogP contribution in [-0.2, 0) is 17.9 Å². The van der Waals surface area contributed by atoms with E-state index in [9.17, 15) is 4.79 Å². The van der Waals surface area contributed by atoms with Crippen LogP contribution in [0, 0.1) is 5.92 Å². The fourth-order valence-electron chi connectivity index (χ4n) is 4.29. The number of hydrogen-bond acceptors (Lipinski definition) is 8. The van der Waals surface area contributed by atoms with Crippen LogP contribution in [0.4, 0.5) is 0 Å². The highest BCUT2D eigenvalue weighted by atomic mass is 16.5. The Bertz CT molecular complexity index is 1130. The van der Waals surface area contributed by atoms with Crippen molar-refractivity contribution >= 4 is 5.91 Å². The van der Waals surface area contributed by atoms with E-state index in [0.29, 0.717) is 49.5 Å². The second-order valence-electron chi connectivity index (χ2n) is 8.41. The summed E-state index contributed by atoms with van der Waals surface area (Å²) in [6.45, 7) is 5.01. The second kappa shape index (κ2) is 11.7. The SMILES string of the molecule is CCOc1ccccc1CNC(=O)[C@H]1CCCN(Cc2nc(-c3ccc(OC)c(OC)c3)no2)C1. The maximum atomic E-state index is 12.9. The van der Waals surface area contributed by atoms with Gasteiger partial charge in [-0.05, 0) is 50.6 Å². The van der Waals surface area contributed by atoms with Gasteiger partial charge in [0.15, 0.2) is 11.5 Å². The van der Waals surface area contributed by atoms with Gasteiger partial charge in [0, 0.05) is 24.2 Å². The highest BCUT2D eigenvalue weighted by Gasteiger charge is 2.27. The van der Waals surface area contributed by atoms with E-state index in [1.807, 2.05) is 49.4 Å². The third-order valence-electron chi connectivity index (χ3n) is 6.07. The van der Waals surface area contributed by atoms with E-state index in [4.69, 9.17) is 18.7 Å². The number of aromatic nitrogens is 2. The maximum Gasteiger partial charge on any atom is 0.241 e. The Hall–Kier alpha value is -3.59. The number of nitrogens with one attached hydrogen (secondary N) is 1. The van der Waals surface area contributed by atoms with E-state index < -0.39 is 0 Å². The summed E-state index contributed by atoms with van der Waals surface area (Å²) in [6.07, 6.45) is 1.79. The molecule has 1 amide bonds. The van der Waals surface area contributed by atoms with E-state index in [1.54, 1.807) is 14.2 Å². The van der Waals surface area contributed by atoms with Gasteiger partial charge in [0.2, 0.25) is 17.6 Å². The number of methoxy groups -OCH3 is 2. The quantitative estimate of drug-likeness (QED) is 0.469. The molecular weight excluding hydrogens is 448 g/mol. The van der Waals surface area contributed by atoms with Gasteiger partial charge in [0.25, 0.3) is 0 Å². The molecule has 0 bridgehead atoms. The predicted octanol–water partition coefficient (Wildman–Crippen LogP) is 3.68. The van der Waals surface area contributed by atoms with Crippen LogP contribution in [0.2, 0.25) is 0 Å². The molecule has 1 fully saturated rings. The van der Waals surface area contributed by atoms with Gasteiger partial charge in [-0.15, -0.1) is 0 Å². The first kappa shape index (κ1) is 24.5. The largest absolute Gasteiger partial charge is 0.494 e. The number of carbonyl (C=O) groups is 1. The fourth-order valence-corrected chi connectivity index (χ4v) is 4.29. The lowest BCUT2D eigenvalue weighted by atomic mass is 9.97. The Labute approximate surface area is 205 Å². The molecule has 0 aliphatic carbocycles. The molecule has 1 N–H and O–H groups in total. The lowest BCUT2D eigenvalue weighted by Crippen LogP contribution is -2.42. The summed E-state index contributed by atoms with van der Waals surface area (Å²) in [5, 5.41) is 7.20. The lowest BCUT2D eigenvalue weighted by Gasteiger charge is -2.30. The van der Waals surface area contributed by atoms with Crippen molar-refractivity contribution in [1.29, 1.82) is 0 Å². The Morgan fingerprint density at radius 2 is 1.97 bits per heavy atom. The zero-order valence-corrected chi connectivity index (χ0v) is 20.5. The summed E-state index contributed by atoms with van der Waals surface area (Å²) in [4.78, 5) is 19.6. The molecule has 2 heterocycles. The Morgan fingerprint density at radius 3 is 2.77 bits per heavy atom. The number of piperidine rings is 1. The fraction of sp³-hybridized carbons (Fsp3) is 0.423. The van der Waals surface area contributed by atoms with Crippen molar-refractivity contribution in [1.82, 2.24) is 20.4 Å². The van der Waals surface area contributed by atoms with Gasteiger partial charge < -0.3 is 24.1 Å². The first-order chi connectivity index (χ1) is 17.1. The van der Waals surface area contributed by atoms with Gasteiger partial charge in [-0.2, -0.15) is 4.98 Å². The molecule has 0 spiro atoms. The summed E-state index contributed by atoms with van der Waals surface area (Å²) in [5.74, 6) is 3.02. The number of ether oxygens (including phenoxy) is 3. The summed E-state index contributed by atoms with van der Waals surface area (Å²) >= 11 is 0. The molecule has 0 radical (unpaired) electrons. The molecule has 4 rings (SSSR count). The molecule has 3 aromatic rings. The minimum absolute atomic E-state index is 0.0533. The van der Waals surface area contributed by atoms with E-state index in [2.05, 4.69) is 20.4 Å². The second-order valence-corrected chi connectivity index (χ2v) is 8.41. The van der Waals surface area contributed by atoms with Gasteiger partial charge in [-0.25, -0.2) is 0 Å². The Morgan fingerprint density at radius 1 is 1.14 bits per heavy atom. The molecule has 1 saturated heterocycles. The van der Waals surface area contributed by atoms with E-state index >= 15 is 0 Å². The molecular formula is C26H32N4O5. The minimum atomic E-state index is -0.0868. The number of carbonyl (C=O) groups excluding carboxylic acids is 1. The van der Waals surface area contributed by atoms with Crippen LogP contribution in [0.15, 0.2) is 47.0 Å². The highest BCUT2D eigenvalue weighted by Crippen LogP contribution is 2.31. The average molecular weight is 481 g/mol. The van der Waals surface area contributed by atoms with Gasteiger partial charge in [0.05, 0.1) is 33.3 Å². The lowest BCUT2D eigenvalue weighted by molar-refractivity contribution is -0.127. The van der Waals surface area contributed by atoms with Gasteiger partial charge in [-0.3, -0.25) is 9.69 Å². The molecule has 1 aliphatic rings. The summed E-state index contributed by atoms with van der Waals surface area (Å²) in [5.41, 5.74) is 1.75. The van der Waals surface area contributed by atoms with Gasteiger partial charge in [-0.1, -0.05) is 23.4 Å². The van der Waals surface area contributed by atoms with Gasteiger partial charge in [0.1, 0.15) is 5.75 Å². The van der Waals surface area contributed by atoms with Crippen LogP contribution in [-0.4, -0.2) is 54.9 Å². The van der Waals surface area contributed by atoms with Crippen molar-refractivity contribution < 1.29 is 23.5 Å². The average Bonchev–Trinajstić information content (AvgIpc) is 3.36. The van der Waals surface area contributed by atoms with Crippen LogP contribution in [0.25, 0.3) is 11.4 Å². The molecule has 0 unspecified atom stereocenters. The minimum Gasteiger partial charge on any atom is -0.494 e. The predicted molar refractivity (Wildman–Crippen MR) is 130 cm³/mol. The van der Waals surface area contributed by atoms with E-state index in [1.165, 1.54) is 0 Å². The summed E-state index contributed by atoms with van der Waals surface area (Å²) in [6, 6.07) is 13.3. The normalized spacial score (nSPS) is 16.0. The smallest absolute Gasteiger partial charge is 0.241 e. The third-order valence-corrected chi connectivity index (χ3v) is 6.07. The van der Waals surface area contributed by atoms with Crippen molar-refractivity contribution in [3.05, 3.63) is 53.9 Å². The molecule has 9 nitrogen and oxygen atoms in total. The topological polar surface area (TPSA) is 99.0 Å². The Balaban J connectivity index is 1.34. The number of para-hydroxylation sites is 1. The number of hydrogen-bond donors (Lipinski definition) is 1.